The van der Waals surface area contributed by atoms with E-state index in [-0.39, 0.29) is 0 Å². The van der Waals surface area contributed by atoms with E-state index in [2.05, 4.69) is 27.3 Å². The van der Waals surface area contributed by atoms with Crippen LogP contribution in [0.3, 0.4) is 0 Å². The zero-order valence-corrected chi connectivity index (χ0v) is 13.2. The van der Waals surface area contributed by atoms with E-state index in [1.165, 1.54) is 5.56 Å². The second-order valence-electron chi connectivity index (χ2n) is 5.03. The number of ketones is 1. The van der Waals surface area contributed by atoms with Gasteiger partial charge in [0, 0.05) is 17.2 Å². The molecule has 0 radical (unpaired) electrons. The van der Waals surface area contributed by atoms with Gasteiger partial charge in [0.15, 0.2) is 0 Å². The summed E-state index contributed by atoms with van der Waals surface area (Å²) in [6.45, 7) is 2.04. The summed E-state index contributed by atoms with van der Waals surface area (Å²) >= 11 is 3.48. The summed E-state index contributed by atoms with van der Waals surface area (Å²) in [6, 6.07) is 11.6. The molecule has 0 fully saturated rings. The lowest BCUT2D eigenvalue weighted by molar-refractivity contribution is -0.112. The van der Waals surface area contributed by atoms with Gasteiger partial charge in [-0.2, -0.15) is 0 Å². The second kappa shape index (κ2) is 5.00. The minimum atomic E-state index is -0.577. The topological polar surface area (TPSA) is 49.4 Å². The van der Waals surface area contributed by atoms with Gasteiger partial charge >= 0.3 is 0 Å². The summed E-state index contributed by atoms with van der Waals surface area (Å²) in [5.74, 6) is -1.07. The monoisotopic (exact) mass is 344 g/mol. The van der Waals surface area contributed by atoms with Crippen molar-refractivity contribution in [3.05, 3.63) is 52.0 Å². The number of rotatable bonds is 2. The highest BCUT2D eigenvalue weighted by atomic mass is 79.9. The SMILES string of the molecule is Cc1cccc(N(C)c2cc3c(cc2Br)C(=O)C(=O)N3)c1. The van der Waals surface area contributed by atoms with Crippen molar-refractivity contribution in [1.29, 1.82) is 0 Å². The van der Waals surface area contributed by atoms with E-state index in [1.807, 2.05) is 43.1 Å². The van der Waals surface area contributed by atoms with Gasteiger partial charge in [-0.15, -0.1) is 0 Å². The minimum Gasteiger partial charge on any atom is -0.344 e. The van der Waals surface area contributed by atoms with Gasteiger partial charge < -0.3 is 10.2 Å². The van der Waals surface area contributed by atoms with Gasteiger partial charge in [0.2, 0.25) is 0 Å². The summed E-state index contributed by atoms with van der Waals surface area (Å²) in [5, 5.41) is 2.60. The molecule has 1 aliphatic heterocycles. The molecule has 0 aromatic heterocycles. The number of amides is 1. The van der Waals surface area contributed by atoms with E-state index in [1.54, 1.807) is 6.07 Å². The van der Waals surface area contributed by atoms with E-state index in [0.29, 0.717) is 11.3 Å². The Hall–Kier alpha value is -2.14. The Kier molecular flexibility index (Phi) is 3.29. The number of nitrogens with one attached hydrogen (secondary N) is 1. The summed E-state index contributed by atoms with van der Waals surface area (Å²) in [4.78, 5) is 25.2. The molecular weight excluding hydrogens is 332 g/mol. The Morgan fingerprint density at radius 1 is 1.14 bits per heavy atom. The molecule has 2 aromatic carbocycles. The first kappa shape index (κ1) is 13.8. The average molecular weight is 345 g/mol. The maximum atomic E-state index is 11.7. The van der Waals surface area contributed by atoms with E-state index >= 15 is 0 Å². The highest BCUT2D eigenvalue weighted by molar-refractivity contribution is 9.10. The number of hydrogen-bond acceptors (Lipinski definition) is 3. The number of halogens is 1. The largest absolute Gasteiger partial charge is 0.344 e. The van der Waals surface area contributed by atoms with Crippen LogP contribution in [0.5, 0.6) is 0 Å². The Labute approximate surface area is 130 Å². The van der Waals surface area contributed by atoms with Crippen LogP contribution in [0.15, 0.2) is 40.9 Å². The predicted octanol–water partition coefficient (Wildman–Crippen LogP) is 3.66. The molecule has 0 aliphatic carbocycles. The standard InChI is InChI=1S/C16H13BrN2O2/c1-9-4-3-5-10(6-9)19(2)14-8-13-11(7-12(14)17)15(20)16(21)18-13/h3-8H,1-2H3,(H,18,20,21). The molecule has 1 heterocycles. The van der Waals surface area contributed by atoms with Crippen molar-refractivity contribution < 1.29 is 9.59 Å². The Balaban J connectivity index is 2.06. The maximum absolute atomic E-state index is 11.7. The Morgan fingerprint density at radius 3 is 2.62 bits per heavy atom. The van der Waals surface area contributed by atoms with Crippen LogP contribution in [-0.2, 0) is 4.79 Å². The molecule has 0 spiro atoms. The van der Waals surface area contributed by atoms with Gasteiger partial charge in [-0.3, -0.25) is 9.59 Å². The third-order valence-corrected chi connectivity index (χ3v) is 4.17. The third kappa shape index (κ3) is 2.34. The molecule has 1 amide bonds. The van der Waals surface area contributed by atoms with Crippen LogP contribution in [0, 0.1) is 6.92 Å². The van der Waals surface area contributed by atoms with Gasteiger partial charge in [-0.25, -0.2) is 0 Å². The van der Waals surface area contributed by atoms with Gasteiger partial charge in [0.25, 0.3) is 11.7 Å². The lowest BCUT2D eigenvalue weighted by Crippen LogP contribution is -2.12. The zero-order chi connectivity index (χ0) is 15.1. The van der Waals surface area contributed by atoms with Crippen molar-refractivity contribution in [3.63, 3.8) is 0 Å². The fraction of sp³-hybridized carbons (Fsp3) is 0.125. The third-order valence-electron chi connectivity index (χ3n) is 3.54. The number of Topliss-reactive ketones (excluding diaryl/α,β-unsaturated/α-hetero) is 1. The molecule has 4 nitrogen and oxygen atoms in total. The van der Waals surface area contributed by atoms with Crippen LogP contribution < -0.4 is 10.2 Å². The first-order valence-corrected chi connectivity index (χ1v) is 7.26. The normalized spacial score (nSPS) is 13.1. The maximum Gasteiger partial charge on any atom is 0.296 e. The van der Waals surface area contributed by atoms with Crippen molar-refractivity contribution in [1.82, 2.24) is 0 Å². The fourth-order valence-electron chi connectivity index (χ4n) is 2.39. The van der Waals surface area contributed by atoms with Gasteiger partial charge in [-0.1, -0.05) is 12.1 Å². The summed E-state index contributed by atoms with van der Waals surface area (Å²) in [7, 11) is 1.94. The van der Waals surface area contributed by atoms with Crippen LogP contribution in [-0.4, -0.2) is 18.7 Å². The average Bonchev–Trinajstić information content (AvgIpc) is 2.73. The van der Waals surface area contributed by atoms with Crippen LogP contribution >= 0.6 is 15.9 Å². The molecule has 106 valence electrons. The Morgan fingerprint density at radius 2 is 1.90 bits per heavy atom. The Bertz CT molecular complexity index is 771. The zero-order valence-electron chi connectivity index (χ0n) is 11.6. The van der Waals surface area contributed by atoms with Crippen LogP contribution in [0.1, 0.15) is 15.9 Å². The van der Waals surface area contributed by atoms with Crippen molar-refractivity contribution in [3.8, 4) is 0 Å². The molecule has 0 bridgehead atoms. The number of aryl methyl sites for hydroxylation is 1. The summed E-state index contributed by atoms with van der Waals surface area (Å²) in [5.41, 5.74) is 4.05. The van der Waals surface area contributed by atoms with Crippen molar-refractivity contribution in [2.45, 2.75) is 6.92 Å². The molecule has 0 unspecified atom stereocenters. The van der Waals surface area contributed by atoms with Gasteiger partial charge in [0.05, 0.1) is 16.9 Å². The molecule has 0 saturated heterocycles. The van der Waals surface area contributed by atoms with Gasteiger partial charge in [-0.05, 0) is 52.7 Å². The first-order chi connectivity index (χ1) is 9.97. The molecular formula is C16H13BrN2O2. The van der Waals surface area contributed by atoms with E-state index in [9.17, 15) is 9.59 Å². The minimum absolute atomic E-state index is 0.410. The molecule has 0 saturated carbocycles. The van der Waals surface area contributed by atoms with Crippen molar-refractivity contribution >= 4 is 44.7 Å². The van der Waals surface area contributed by atoms with Crippen molar-refractivity contribution in [2.24, 2.45) is 0 Å². The number of carbonyl (C=O) groups is 2. The van der Waals surface area contributed by atoms with E-state index in [4.69, 9.17) is 0 Å². The number of benzene rings is 2. The number of carbonyl (C=O) groups excluding carboxylic acids is 2. The molecule has 1 aliphatic rings. The molecule has 21 heavy (non-hydrogen) atoms. The van der Waals surface area contributed by atoms with Crippen LogP contribution in [0.2, 0.25) is 0 Å². The summed E-state index contributed by atoms with van der Waals surface area (Å²) in [6.07, 6.45) is 0. The second-order valence-corrected chi connectivity index (χ2v) is 5.88. The molecule has 2 aromatic rings. The number of fused-ring (bicyclic) bond motifs is 1. The number of nitrogens with zero attached hydrogens (tertiary/aromatic N) is 1. The smallest absolute Gasteiger partial charge is 0.296 e. The van der Waals surface area contributed by atoms with Crippen LogP contribution in [0.25, 0.3) is 0 Å². The van der Waals surface area contributed by atoms with Crippen LogP contribution in [0.4, 0.5) is 17.1 Å². The lowest BCUT2D eigenvalue weighted by Gasteiger charge is -2.22. The predicted molar refractivity (Wildman–Crippen MR) is 86.3 cm³/mol. The number of hydrogen-bond donors (Lipinski definition) is 1. The fourth-order valence-corrected chi connectivity index (χ4v) is 3.00. The molecule has 1 N–H and O–H groups in total. The molecule has 5 heteroatoms. The number of anilines is 3. The van der Waals surface area contributed by atoms with Gasteiger partial charge in [0.1, 0.15) is 0 Å². The first-order valence-electron chi connectivity index (χ1n) is 6.47. The lowest BCUT2D eigenvalue weighted by atomic mass is 10.1. The van der Waals surface area contributed by atoms with Crippen molar-refractivity contribution in [2.75, 3.05) is 17.3 Å². The highest BCUT2D eigenvalue weighted by Crippen LogP contribution is 2.37. The van der Waals surface area contributed by atoms with E-state index < -0.39 is 11.7 Å². The highest BCUT2D eigenvalue weighted by Gasteiger charge is 2.29. The molecule has 3 rings (SSSR count). The summed E-state index contributed by atoms with van der Waals surface area (Å²) < 4.78 is 0.773. The molecule has 0 atom stereocenters. The quantitative estimate of drug-likeness (QED) is 0.845. The van der Waals surface area contributed by atoms with E-state index in [0.717, 1.165) is 15.8 Å².